The Bertz CT molecular complexity index is 378. The van der Waals surface area contributed by atoms with E-state index in [2.05, 4.69) is 4.74 Å². The van der Waals surface area contributed by atoms with Crippen LogP contribution in [0, 0.1) is 0 Å². The standard InChI is InChI=1S/C10H12O7/c1-2-6(8(11)12)7(9(13)14)10(15)17-4-5-3-16-5/h5H,2-4H2,1H3,(H,11,12)(H,13,14). The molecule has 7 nitrogen and oxygen atoms in total. The minimum atomic E-state index is -1.61. The highest BCUT2D eigenvalue weighted by Gasteiger charge is 2.30. The van der Waals surface area contributed by atoms with Crippen LogP contribution in [0.25, 0.3) is 0 Å². The van der Waals surface area contributed by atoms with Crippen LogP contribution >= 0.6 is 0 Å². The summed E-state index contributed by atoms with van der Waals surface area (Å²) in [5.74, 6) is -4.19. The average molecular weight is 244 g/mol. The monoisotopic (exact) mass is 244 g/mol. The van der Waals surface area contributed by atoms with Gasteiger partial charge in [0.15, 0.2) is 5.57 Å². The van der Waals surface area contributed by atoms with Crippen LogP contribution in [-0.4, -0.2) is 47.4 Å². The van der Waals surface area contributed by atoms with E-state index < -0.39 is 29.1 Å². The van der Waals surface area contributed by atoms with Crippen molar-refractivity contribution in [3.8, 4) is 0 Å². The zero-order valence-electron chi connectivity index (χ0n) is 9.13. The summed E-state index contributed by atoms with van der Waals surface area (Å²) in [5, 5.41) is 17.6. The molecule has 1 rings (SSSR count). The van der Waals surface area contributed by atoms with E-state index >= 15 is 0 Å². The summed E-state index contributed by atoms with van der Waals surface area (Å²) in [5.41, 5.74) is -1.31. The third-order valence-electron chi connectivity index (χ3n) is 2.13. The molecule has 0 aromatic rings. The zero-order valence-corrected chi connectivity index (χ0v) is 9.13. The van der Waals surface area contributed by atoms with Crippen LogP contribution in [0.5, 0.6) is 0 Å². The second kappa shape index (κ2) is 5.44. The third kappa shape index (κ3) is 3.56. The summed E-state index contributed by atoms with van der Waals surface area (Å²) >= 11 is 0. The second-order valence-electron chi connectivity index (χ2n) is 3.37. The first-order valence-electron chi connectivity index (χ1n) is 4.95. The average Bonchev–Trinajstić information content (AvgIpc) is 3.04. The van der Waals surface area contributed by atoms with Crippen molar-refractivity contribution in [2.24, 2.45) is 0 Å². The lowest BCUT2D eigenvalue weighted by Gasteiger charge is -2.06. The molecule has 94 valence electrons. The van der Waals surface area contributed by atoms with E-state index in [4.69, 9.17) is 14.9 Å². The van der Waals surface area contributed by atoms with Crippen LogP contribution < -0.4 is 0 Å². The van der Waals surface area contributed by atoms with Gasteiger partial charge in [0.25, 0.3) is 0 Å². The van der Waals surface area contributed by atoms with Gasteiger partial charge in [-0.25, -0.2) is 14.4 Å². The molecule has 0 aromatic carbocycles. The van der Waals surface area contributed by atoms with Crippen molar-refractivity contribution in [2.75, 3.05) is 13.2 Å². The number of ether oxygens (including phenoxy) is 2. The molecule has 0 amide bonds. The van der Waals surface area contributed by atoms with E-state index in [0.717, 1.165) is 0 Å². The van der Waals surface area contributed by atoms with Gasteiger partial charge in [0, 0.05) is 0 Å². The molecule has 1 heterocycles. The molecule has 1 aliphatic rings. The maximum Gasteiger partial charge on any atom is 0.346 e. The van der Waals surface area contributed by atoms with Gasteiger partial charge in [-0.15, -0.1) is 0 Å². The van der Waals surface area contributed by atoms with Crippen molar-refractivity contribution < 1.29 is 34.1 Å². The number of hydrogen-bond donors (Lipinski definition) is 2. The number of carboxylic acid groups (broad SMARTS) is 2. The molecule has 1 atom stereocenters. The fourth-order valence-electron chi connectivity index (χ4n) is 1.18. The molecule has 1 aliphatic heterocycles. The number of rotatable bonds is 6. The van der Waals surface area contributed by atoms with Gasteiger partial charge < -0.3 is 19.7 Å². The van der Waals surface area contributed by atoms with Crippen LogP contribution in [0.1, 0.15) is 13.3 Å². The number of aliphatic carboxylic acids is 2. The predicted octanol–water partition coefficient (Wildman–Crippen LogP) is -0.196. The van der Waals surface area contributed by atoms with Crippen molar-refractivity contribution in [1.29, 1.82) is 0 Å². The lowest BCUT2D eigenvalue weighted by molar-refractivity contribution is -0.146. The van der Waals surface area contributed by atoms with Crippen molar-refractivity contribution in [2.45, 2.75) is 19.4 Å². The van der Waals surface area contributed by atoms with Crippen LogP contribution in [0.2, 0.25) is 0 Å². The van der Waals surface area contributed by atoms with E-state index in [0.29, 0.717) is 6.61 Å². The molecule has 0 spiro atoms. The molecule has 7 heteroatoms. The molecule has 17 heavy (non-hydrogen) atoms. The first-order chi connectivity index (χ1) is 7.97. The highest BCUT2D eigenvalue weighted by molar-refractivity contribution is 6.18. The van der Waals surface area contributed by atoms with Crippen molar-refractivity contribution in [3.63, 3.8) is 0 Å². The number of esters is 1. The molecule has 0 aromatic heterocycles. The normalized spacial score (nSPS) is 19.2. The first-order valence-corrected chi connectivity index (χ1v) is 4.95. The number of carbonyl (C=O) groups excluding carboxylic acids is 1. The number of epoxide rings is 1. The number of carboxylic acids is 2. The van der Waals surface area contributed by atoms with E-state index in [9.17, 15) is 14.4 Å². The van der Waals surface area contributed by atoms with Crippen LogP contribution in [-0.2, 0) is 23.9 Å². The van der Waals surface area contributed by atoms with Crippen molar-refractivity contribution in [1.82, 2.24) is 0 Å². The molecule has 0 saturated carbocycles. The van der Waals surface area contributed by atoms with Gasteiger partial charge in [0.1, 0.15) is 12.7 Å². The second-order valence-corrected chi connectivity index (χ2v) is 3.37. The molecule has 0 aliphatic carbocycles. The van der Waals surface area contributed by atoms with E-state index in [1.54, 1.807) is 0 Å². The maximum absolute atomic E-state index is 11.4. The molecule has 0 bridgehead atoms. The Morgan fingerprint density at radius 2 is 1.88 bits per heavy atom. The summed E-state index contributed by atoms with van der Waals surface area (Å²) in [6, 6.07) is 0. The lowest BCUT2D eigenvalue weighted by Crippen LogP contribution is -2.22. The Morgan fingerprint density at radius 3 is 2.24 bits per heavy atom. The summed E-state index contributed by atoms with van der Waals surface area (Å²) in [7, 11) is 0. The Hall–Kier alpha value is -1.89. The first kappa shape index (κ1) is 13.2. The number of hydrogen-bond acceptors (Lipinski definition) is 5. The van der Waals surface area contributed by atoms with Crippen LogP contribution in [0.15, 0.2) is 11.1 Å². The molecule has 2 N–H and O–H groups in total. The zero-order chi connectivity index (χ0) is 13.0. The molecule has 1 unspecified atom stereocenters. The molecule has 1 fully saturated rings. The maximum atomic E-state index is 11.4. The van der Waals surface area contributed by atoms with Crippen molar-refractivity contribution in [3.05, 3.63) is 11.1 Å². The van der Waals surface area contributed by atoms with E-state index in [-0.39, 0.29) is 19.1 Å². The Morgan fingerprint density at radius 1 is 1.29 bits per heavy atom. The van der Waals surface area contributed by atoms with Gasteiger partial charge in [-0.1, -0.05) is 6.92 Å². The van der Waals surface area contributed by atoms with Gasteiger partial charge in [-0.05, 0) is 6.42 Å². The lowest BCUT2D eigenvalue weighted by atomic mass is 10.1. The Balaban J connectivity index is 2.85. The van der Waals surface area contributed by atoms with Gasteiger partial charge >= 0.3 is 17.9 Å². The van der Waals surface area contributed by atoms with Gasteiger partial charge in [-0.3, -0.25) is 0 Å². The number of carbonyl (C=O) groups is 3. The minimum absolute atomic E-state index is 0.0633. The quantitative estimate of drug-likeness (QED) is 0.219. The Kier molecular flexibility index (Phi) is 4.22. The highest BCUT2D eigenvalue weighted by Crippen LogP contribution is 2.14. The molecular formula is C10H12O7. The summed E-state index contributed by atoms with van der Waals surface area (Å²) in [6.45, 7) is 1.84. The SMILES string of the molecule is CCC(C(=O)O)=C(C(=O)O)C(=O)OCC1CO1. The topological polar surface area (TPSA) is 113 Å². The summed E-state index contributed by atoms with van der Waals surface area (Å²) in [4.78, 5) is 33.1. The summed E-state index contributed by atoms with van der Waals surface area (Å²) < 4.78 is 9.43. The summed E-state index contributed by atoms with van der Waals surface area (Å²) in [6.07, 6.45) is -0.282. The fourth-order valence-corrected chi connectivity index (χ4v) is 1.18. The Labute approximate surface area is 96.6 Å². The van der Waals surface area contributed by atoms with Gasteiger partial charge in [0.05, 0.1) is 12.2 Å². The molecule has 0 radical (unpaired) electrons. The van der Waals surface area contributed by atoms with Gasteiger partial charge in [0.2, 0.25) is 0 Å². The third-order valence-corrected chi connectivity index (χ3v) is 2.13. The predicted molar refractivity (Wildman–Crippen MR) is 53.3 cm³/mol. The van der Waals surface area contributed by atoms with Crippen LogP contribution in [0.4, 0.5) is 0 Å². The minimum Gasteiger partial charge on any atom is -0.478 e. The van der Waals surface area contributed by atoms with Crippen molar-refractivity contribution >= 4 is 17.9 Å². The van der Waals surface area contributed by atoms with Crippen LogP contribution in [0.3, 0.4) is 0 Å². The van der Waals surface area contributed by atoms with Gasteiger partial charge in [-0.2, -0.15) is 0 Å². The molecular weight excluding hydrogens is 232 g/mol. The largest absolute Gasteiger partial charge is 0.478 e. The molecule has 1 saturated heterocycles. The fraction of sp³-hybridized carbons (Fsp3) is 0.500. The van der Waals surface area contributed by atoms with E-state index in [1.165, 1.54) is 6.92 Å². The smallest absolute Gasteiger partial charge is 0.346 e. The van der Waals surface area contributed by atoms with E-state index in [1.807, 2.05) is 0 Å². The highest BCUT2D eigenvalue weighted by atomic mass is 16.6.